The maximum atomic E-state index is 11.7. The second-order valence-corrected chi connectivity index (χ2v) is 6.29. The van der Waals surface area contributed by atoms with Gasteiger partial charge in [-0.1, -0.05) is 51.1 Å². The summed E-state index contributed by atoms with van der Waals surface area (Å²) < 4.78 is 0. The van der Waals surface area contributed by atoms with Gasteiger partial charge in [0.15, 0.2) is 0 Å². The van der Waals surface area contributed by atoms with Gasteiger partial charge in [-0.2, -0.15) is 0 Å². The molecule has 0 aliphatic carbocycles. The lowest BCUT2D eigenvalue weighted by Crippen LogP contribution is -2.47. The molecule has 0 aliphatic heterocycles. The molecule has 21 heavy (non-hydrogen) atoms. The molecule has 1 aromatic carbocycles. The molecule has 5 heteroatoms. The van der Waals surface area contributed by atoms with E-state index in [4.69, 9.17) is 0 Å². The van der Waals surface area contributed by atoms with Crippen LogP contribution in [0.1, 0.15) is 32.8 Å². The van der Waals surface area contributed by atoms with Crippen molar-refractivity contribution < 1.29 is 14.7 Å². The number of carbonyl (C=O) groups is 2. The highest BCUT2D eigenvalue weighted by Gasteiger charge is 2.20. The molecule has 5 nitrogen and oxygen atoms in total. The number of aliphatic carboxylic acids is 1. The van der Waals surface area contributed by atoms with E-state index in [0.717, 1.165) is 12.0 Å². The number of carbonyl (C=O) groups excluding carboxylic acids is 1. The first kappa shape index (κ1) is 17.0. The minimum absolute atomic E-state index is 0.128. The molecule has 1 aromatic rings. The summed E-state index contributed by atoms with van der Waals surface area (Å²) in [4.78, 5) is 23.0. The highest BCUT2D eigenvalue weighted by molar-refractivity contribution is 5.82. The van der Waals surface area contributed by atoms with Gasteiger partial charge in [0.1, 0.15) is 6.04 Å². The Morgan fingerprint density at radius 1 is 1.19 bits per heavy atom. The lowest BCUT2D eigenvalue weighted by atomic mass is 9.92. The van der Waals surface area contributed by atoms with Crippen molar-refractivity contribution in [2.45, 2.75) is 39.7 Å². The number of urea groups is 1. The van der Waals surface area contributed by atoms with E-state index in [1.165, 1.54) is 0 Å². The van der Waals surface area contributed by atoms with Gasteiger partial charge < -0.3 is 15.7 Å². The average molecular weight is 292 g/mol. The normalized spacial score (nSPS) is 12.5. The molecule has 0 heterocycles. The van der Waals surface area contributed by atoms with E-state index in [0.29, 0.717) is 6.54 Å². The largest absolute Gasteiger partial charge is 0.480 e. The Bertz CT molecular complexity index is 466. The molecule has 1 rings (SSSR count). The van der Waals surface area contributed by atoms with Crippen LogP contribution >= 0.6 is 0 Å². The van der Waals surface area contributed by atoms with E-state index in [1.54, 1.807) is 0 Å². The monoisotopic (exact) mass is 292 g/mol. The van der Waals surface area contributed by atoms with Crippen molar-refractivity contribution in [3.8, 4) is 0 Å². The summed E-state index contributed by atoms with van der Waals surface area (Å²) in [5.41, 5.74) is 1.00. The van der Waals surface area contributed by atoms with Crippen molar-refractivity contribution in [2.75, 3.05) is 6.54 Å². The van der Waals surface area contributed by atoms with Gasteiger partial charge in [-0.25, -0.2) is 9.59 Å². The second-order valence-electron chi connectivity index (χ2n) is 6.29. The van der Waals surface area contributed by atoms with Crippen LogP contribution in [0, 0.1) is 5.41 Å². The first-order valence-electron chi connectivity index (χ1n) is 7.09. The SMILES string of the molecule is CC(C)(C)CCNC(=O)NC(Cc1ccccc1)C(=O)O. The Morgan fingerprint density at radius 2 is 1.81 bits per heavy atom. The minimum Gasteiger partial charge on any atom is -0.480 e. The zero-order valence-electron chi connectivity index (χ0n) is 12.8. The van der Waals surface area contributed by atoms with Gasteiger partial charge >= 0.3 is 12.0 Å². The van der Waals surface area contributed by atoms with Gasteiger partial charge in [-0.15, -0.1) is 0 Å². The predicted octanol–water partition coefficient (Wildman–Crippen LogP) is 2.42. The van der Waals surface area contributed by atoms with E-state index in [2.05, 4.69) is 31.4 Å². The maximum absolute atomic E-state index is 11.7. The van der Waals surface area contributed by atoms with Crippen LogP contribution in [0.4, 0.5) is 4.79 Å². The summed E-state index contributed by atoms with van der Waals surface area (Å²) >= 11 is 0. The van der Waals surface area contributed by atoms with E-state index < -0.39 is 18.0 Å². The fraction of sp³-hybridized carbons (Fsp3) is 0.500. The smallest absolute Gasteiger partial charge is 0.326 e. The first-order chi connectivity index (χ1) is 9.78. The molecule has 0 aliphatic rings. The number of hydrogen-bond donors (Lipinski definition) is 3. The summed E-state index contributed by atoms with van der Waals surface area (Å²) in [7, 11) is 0. The molecule has 0 radical (unpaired) electrons. The molecule has 0 fully saturated rings. The fourth-order valence-corrected chi connectivity index (χ4v) is 1.81. The Labute approximate surface area is 125 Å². The summed E-state index contributed by atoms with van der Waals surface area (Å²) in [5.74, 6) is -1.04. The van der Waals surface area contributed by atoms with Crippen molar-refractivity contribution in [3.63, 3.8) is 0 Å². The Morgan fingerprint density at radius 3 is 2.33 bits per heavy atom. The Hall–Kier alpha value is -2.04. The van der Waals surface area contributed by atoms with Gasteiger partial charge in [0.2, 0.25) is 0 Å². The van der Waals surface area contributed by atoms with Gasteiger partial charge in [0.25, 0.3) is 0 Å². The van der Waals surface area contributed by atoms with Crippen molar-refractivity contribution in [2.24, 2.45) is 5.41 Å². The molecule has 0 bridgehead atoms. The molecule has 0 spiro atoms. The van der Waals surface area contributed by atoms with Crippen LogP contribution in [0.2, 0.25) is 0 Å². The molecular formula is C16H24N2O3. The van der Waals surface area contributed by atoms with E-state index >= 15 is 0 Å². The minimum atomic E-state index is -1.04. The lowest BCUT2D eigenvalue weighted by Gasteiger charge is -2.19. The number of rotatable bonds is 6. The topological polar surface area (TPSA) is 78.4 Å². The molecule has 0 saturated carbocycles. The zero-order chi connectivity index (χ0) is 15.9. The number of carboxylic acid groups (broad SMARTS) is 1. The van der Waals surface area contributed by atoms with Crippen molar-refractivity contribution in [1.82, 2.24) is 10.6 Å². The predicted molar refractivity (Wildman–Crippen MR) is 82.2 cm³/mol. The highest BCUT2D eigenvalue weighted by Crippen LogP contribution is 2.16. The number of carboxylic acids is 1. The molecule has 0 saturated heterocycles. The molecule has 0 aromatic heterocycles. The van der Waals surface area contributed by atoms with Crippen LogP contribution in [0.25, 0.3) is 0 Å². The Balaban J connectivity index is 2.47. The van der Waals surface area contributed by atoms with E-state index in [1.807, 2.05) is 30.3 Å². The van der Waals surface area contributed by atoms with Gasteiger partial charge in [-0.05, 0) is 17.4 Å². The molecule has 3 N–H and O–H groups in total. The number of benzene rings is 1. The number of nitrogens with one attached hydrogen (secondary N) is 2. The molecule has 1 atom stereocenters. The summed E-state index contributed by atoms with van der Waals surface area (Å²) in [5, 5.41) is 14.4. The third kappa shape index (κ3) is 7.34. The quantitative estimate of drug-likeness (QED) is 0.753. The third-order valence-corrected chi connectivity index (χ3v) is 3.05. The molecule has 1 unspecified atom stereocenters. The van der Waals surface area contributed by atoms with Crippen molar-refractivity contribution in [1.29, 1.82) is 0 Å². The van der Waals surface area contributed by atoms with Crippen molar-refractivity contribution in [3.05, 3.63) is 35.9 Å². The fourth-order valence-electron chi connectivity index (χ4n) is 1.81. The summed E-state index contributed by atoms with van der Waals surface area (Å²) in [6.07, 6.45) is 1.10. The Kier molecular flexibility index (Phi) is 6.21. The first-order valence-corrected chi connectivity index (χ1v) is 7.09. The average Bonchev–Trinajstić information content (AvgIpc) is 2.37. The lowest BCUT2D eigenvalue weighted by molar-refractivity contribution is -0.139. The van der Waals surface area contributed by atoms with E-state index in [9.17, 15) is 14.7 Å². The molecule has 116 valence electrons. The summed E-state index contributed by atoms with van der Waals surface area (Å²) in [6.45, 7) is 6.78. The number of hydrogen-bond acceptors (Lipinski definition) is 2. The van der Waals surface area contributed by atoms with Crippen molar-refractivity contribution >= 4 is 12.0 Å². The standard InChI is InChI=1S/C16H24N2O3/c1-16(2,3)9-10-17-15(21)18-13(14(19)20)11-12-7-5-4-6-8-12/h4-8,13H,9-11H2,1-3H3,(H,19,20)(H2,17,18,21). The zero-order valence-corrected chi connectivity index (χ0v) is 12.8. The van der Waals surface area contributed by atoms with Crippen LogP contribution in [-0.2, 0) is 11.2 Å². The van der Waals surface area contributed by atoms with E-state index in [-0.39, 0.29) is 11.8 Å². The van der Waals surface area contributed by atoms with Crippen LogP contribution < -0.4 is 10.6 Å². The van der Waals surface area contributed by atoms with Crippen LogP contribution in [-0.4, -0.2) is 29.7 Å². The molecular weight excluding hydrogens is 268 g/mol. The second kappa shape index (κ2) is 7.67. The highest BCUT2D eigenvalue weighted by atomic mass is 16.4. The summed E-state index contributed by atoms with van der Waals surface area (Å²) in [6, 6.07) is 7.87. The van der Waals surface area contributed by atoms with Crippen LogP contribution in [0.3, 0.4) is 0 Å². The van der Waals surface area contributed by atoms with Gasteiger partial charge in [0, 0.05) is 13.0 Å². The van der Waals surface area contributed by atoms with Gasteiger partial charge in [-0.3, -0.25) is 0 Å². The number of amides is 2. The van der Waals surface area contributed by atoms with Crippen LogP contribution in [0.5, 0.6) is 0 Å². The molecule has 2 amide bonds. The van der Waals surface area contributed by atoms with Crippen LogP contribution in [0.15, 0.2) is 30.3 Å². The van der Waals surface area contributed by atoms with Gasteiger partial charge in [0.05, 0.1) is 0 Å². The third-order valence-electron chi connectivity index (χ3n) is 3.05. The maximum Gasteiger partial charge on any atom is 0.326 e.